The highest BCUT2D eigenvalue weighted by molar-refractivity contribution is 5.93. The van der Waals surface area contributed by atoms with Crippen LogP contribution in [0, 0.1) is 17.8 Å². The van der Waals surface area contributed by atoms with Crippen LogP contribution in [0.4, 0.5) is 0 Å². The molecule has 1 saturated heterocycles. The van der Waals surface area contributed by atoms with Crippen LogP contribution in [0.15, 0.2) is 54.6 Å². The van der Waals surface area contributed by atoms with Gasteiger partial charge < -0.3 is 15.7 Å². The lowest BCUT2D eigenvalue weighted by atomic mass is 9.67. The fourth-order valence-electron chi connectivity index (χ4n) is 6.46. The molecule has 2 unspecified atom stereocenters. The van der Waals surface area contributed by atoms with E-state index >= 15 is 0 Å². The second-order valence-corrected chi connectivity index (χ2v) is 9.44. The summed E-state index contributed by atoms with van der Waals surface area (Å²) >= 11 is 0. The Morgan fingerprint density at radius 1 is 1.07 bits per heavy atom. The van der Waals surface area contributed by atoms with Crippen molar-refractivity contribution in [2.24, 2.45) is 23.5 Å². The van der Waals surface area contributed by atoms with E-state index in [-0.39, 0.29) is 11.3 Å². The third-order valence-electron chi connectivity index (χ3n) is 7.96. The van der Waals surface area contributed by atoms with Crippen LogP contribution in [0.3, 0.4) is 0 Å². The molecule has 5 rings (SSSR count). The molecule has 0 radical (unpaired) electrons. The summed E-state index contributed by atoms with van der Waals surface area (Å²) in [4.78, 5) is 14.2. The zero-order chi connectivity index (χ0) is 20.2. The Labute approximate surface area is 172 Å². The summed E-state index contributed by atoms with van der Waals surface area (Å²) in [6.45, 7) is 5.61. The molecule has 0 bridgehead atoms. The summed E-state index contributed by atoms with van der Waals surface area (Å²) < 4.78 is 0. The van der Waals surface area contributed by atoms with E-state index in [1.54, 1.807) is 0 Å². The van der Waals surface area contributed by atoms with Gasteiger partial charge in [-0.2, -0.15) is 0 Å². The number of likely N-dealkylation sites (tertiary alicyclic amines) is 1. The second kappa shape index (κ2) is 6.68. The van der Waals surface area contributed by atoms with E-state index in [1.165, 1.54) is 5.56 Å². The Kier molecular flexibility index (Phi) is 4.34. The molecule has 2 saturated carbocycles. The van der Waals surface area contributed by atoms with Crippen molar-refractivity contribution in [2.75, 3.05) is 19.6 Å². The van der Waals surface area contributed by atoms with Gasteiger partial charge >= 0.3 is 0 Å². The Bertz CT molecular complexity index is 907. The van der Waals surface area contributed by atoms with Crippen LogP contribution in [0.2, 0.25) is 0 Å². The quantitative estimate of drug-likeness (QED) is 0.795. The van der Waals surface area contributed by atoms with E-state index in [1.807, 2.05) is 48.5 Å². The van der Waals surface area contributed by atoms with Gasteiger partial charge in [-0.05, 0) is 60.3 Å². The van der Waals surface area contributed by atoms with E-state index in [4.69, 9.17) is 5.73 Å². The van der Waals surface area contributed by atoms with Gasteiger partial charge in [0.15, 0.2) is 0 Å². The lowest BCUT2D eigenvalue weighted by Crippen LogP contribution is -2.46. The first-order valence-electron chi connectivity index (χ1n) is 10.9. The first-order chi connectivity index (χ1) is 14.0. The van der Waals surface area contributed by atoms with Crippen molar-refractivity contribution in [2.45, 2.75) is 37.2 Å². The summed E-state index contributed by atoms with van der Waals surface area (Å²) in [6.07, 6.45) is 2.83. The standard InChI is InChI=1S/C25H30N2O2/c1-2-25(20-10-6-7-18(11-20)23(26)28)21-15-27(16-22(21)25)14-17-12-24(29,13-17)19-8-4-3-5-9-19/h3-11,17,21-22,29H,2,12-16H2,1H3,(H2,26,28). The molecule has 3 aliphatic rings. The number of fused-ring (bicyclic) bond motifs is 1. The van der Waals surface area contributed by atoms with Gasteiger partial charge in [0.25, 0.3) is 0 Å². The van der Waals surface area contributed by atoms with Crippen LogP contribution in [-0.4, -0.2) is 35.5 Å². The zero-order valence-electron chi connectivity index (χ0n) is 17.1. The van der Waals surface area contributed by atoms with E-state index in [0.29, 0.717) is 23.3 Å². The number of hydrogen-bond donors (Lipinski definition) is 2. The predicted molar refractivity (Wildman–Crippen MR) is 113 cm³/mol. The van der Waals surface area contributed by atoms with Gasteiger partial charge in [-0.25, -0.2) is 0 Å². The average Bonchev–Trinajstić information content (AvgIpc) is 3.10. The molecule has 3 N–H and O–H groups in total. The summed E-state index contributed by atoms with van der Waals surface area (Å²) in [5, 5.41) is 10.9. The number of amides is 1. The number of rotatable bonds is 6. The zero-order valence-corrected chi connectivity index (χ0v) is 17.1. The number of piperidine rings is 1. The minimum Gasteiger partial charge on any atom is -0.385 e. The number of carbonyl (C=O) groups is 1. The first-order valence-corrected chi connectivity index (χ1v) is 10.9. The van der Waals surface area contributed by atoms with Crippen LogP contribution < -0.4 is 5.73 Å². The number of aliphatic hydroxyl groups is 1. The van der Waals surface area contributed by atoms with Crippen LogP contribution >= 0.6 is 0 Å². The third-order valence-corrected chi connectivity index (χ3v) is 7.96. The fraction of sp³-hybridized carbons (Fsp3) is 0.480. The number of carbonyl (C=O) groups excluding carboxylic acids is 1. The minimum absolute atomic E-state index is 0.215. The molecule has 4 nitrogen and oxygen atoms in total. The Balaban J connectivity index is 1.20. The molecule has 2 atom stereocenters. The van der Waals surface area contributed by atoms with Gasteiger partial charge in [-0.3, -0.25) is 4.79 Å². The maximum absolute atomic E-state index is 11.6. The summed E-state index contributed by atoms with van der Waals surface area (Å²) in [5.41, 5.74) is 8.04. The lowest BCUT2D eigenvalue weighted by molar-refractivity contribution is -0.0872. The van der Waals surface area contributed by atoms with Crippen LogP contribution in [0.25, 0.3) is 0 Å². The Hall–Kier alpha value is -2.17. The van der Waals surface area contributed by atoms with Gasteiger partial charge in [0.05, 0.1) is 5.60 Å². The molecule has 152 valence electrons. The van der Waals surface area contributed by atoms with Crippen molar-refractivity contribution in [1.82, 2.24) is 4.90 Å². The Morgan fingerprint density at radius 2 is 1.72 bits per heavy atom. The van der Waals surface area contributed by atoms with E-state index < -0.39 is 5.60 Å². The second-order valence-electron chi connectivity index (χ2n) is 9.44. The molecule has 0 aromatic heterocycles. The van der Waals surface area contributed by atoms with Crippen molar-refractivity contribution in [1.29, 1.82) is 0 Å². The molecule has 1 heterocycles. The highest BCUT2D eigenvalue weighted by atomic mass is 16.3. The van der Waals surface area contributed by atoms with Crippen molar-refractivity contribution in [3.05, 3.63) is 71.3 Å². The molecule has 3 fully saturated rings. The smallest absolute Gasteiger partial charge is 0.248 e. The number of primary amides is 1. The maximum atomic E-state index is 11.6. The molecule has 1 aliphatic heterocycles. The first kappa shape index (κ1) is 18.8. The van der Waals surface area contributed by atoms with Crippen LogP contribution in [-0.2, 0) is 11.0 Å². The topological polar surface area (TPSA) is 66.6 Å². The number of nitrogens with zero attached hydrogens (tertiary/aromatic N) is 1. The molecule has 2 aromatic carbocycles. The third kappa shape index (κ3) is 2.92. The Morgan fingerprint density at radius 3 is 2.34 bits per heavy atom. The van der Waals surface area contributed by atoms with Crippen molar-refractivity contribution >= 4 is 5.91 Å². The fourth-order valence-corrected chi connectivity index (χ4v) is 6.46. The van der Waals surface area contributed by atoms with Gasteiger partial charge in [-0.1, -0.05) is 49.4 Å². The van der Waals surface area contributed by atoms with Gasteiger partial charge in [0.1, 0.15) is 0 Å². The predicted octanol–water partition coefficient (Wildman–Crippen LogP) is 3.29. The molecule has 1 amide bonds. The SMILES string of the molecule is CCC1(c2cccc(C(N)=O)c2)C2CN(CC3CC(O)(c4ccccc4)C3)CC21. The summed E-state index contributed by atoms with van der Waals surface area (Å²) in [5.74, 6) is 1.57. The summed E-state index contributed by atoms with van der Waals surface area (Å²) in [6, 6.07) is 18.1. The number of benzene rings is 2. The molecule has 4 heteroatoms. The minimum atomic E-state index is -0.628. The lowest BCUT2D eigenvalue weighted by Gasteiger charge is -2.46. The van der Waals surface area contributed by atoms with Crippen molar-refractivity contribution in [3.63, 3.8) is 0 Å². The van der Waals surface area contributed by atoms with Gasteiger partial charge in [-0.15, -0.1) is 0 Å². The normalized spacial score (nSPS) is 35.7. The van der Waals surface area contributed by atoms with E-state index in [2.05, 4.69) is 17.9 Å². The molecular weight excluding hydrogens is 360 g/mol. The van der Waals surface area contributed by atoms with E-state index in [0.717, 1.165) is 44.5 Å². The molecule has 0 spiro atoms. The van der Waals surface area contributed by atoms with E-state index in [9.17, 15) is 9.90 Å². The number of nitrogens with two attached hydrogens (primary N) is 1. The molecule has 2 aromatic rings. The van der Waals surface area contributed by atoms with Crippen molar-refractivity contribution < 1.29 is 9.90 Å². The highest BCUT2D eigenvalue weighted by Gasteiger charge is 2.67. The summed E-state index contributed by atoms with van der Waals surface area (Å²) in [7, 11) is 0. The van der Waals surface area contributed by atoms with Crippen LogP contribution in [0.1, 0.15) is 47.7 Å². The van der Waals surface area contributed by atoms with Crippen LogP contribution in [0.5, 0.6) is 0 Å². The van der Waals surface area contributed by atoms with Gasteiger partial charge in [0, 0.05) is 30.6 Å². The molecule has 29 heavy (non-hydrogen) atoms. The monoisotopic (exact) mass is 390 g/mol. The average molecular weight is 391 g/mol. The van der Waals surface area contributed by atoms with Crippen molar-refractivity contribution in [3.8, 4) is 0 Å². The maximum Gasteiger partial charge on any atom is 0.248 e. The van der Waals surface area contributed by atoms with Gasteiger partial charge in [0.2, 0.25) is 5.91 Å². The highest BCUT2D eigenvalue weighted by Crippen LogP contribution is 2.65. The molecular formula is C25H30N2O2. The molecule has 2 aliphatic carbocycles. The number of hydrogen-bond acceptors (Lipinski definition) is 3. The largest absolute Gasteiger partial charge is 0.385 e.